The summed E-state index contributed by atoms with van der Waals surface area (Å²) >= 11 is 3.57. The van der Waals surface area contributed by atoms with Crippen LogP contribution in [0.4, 0.5) is 0 Å². The third-order valence-electron chi connectivity index (χ3n) is 7.61. The first-order valence-corrected chi connectivity index (χ1v) is 10.1. The van der Waals surface area contributed by atoms with Crippen LogP contribution in [0.3, 0.4) is 0 Å². The summed E-state index contributed by atoms with van der Waals surface area (Å²) in [6.07, 6.45) is 6.74. The number of aliphatic hydroxyl groups excluding tert-OH is 1. The molecule has 0 aromatic heterocycles. The van der Waals surface area contributed by atoms with Gasteiger partial charge in [-0.15, -0.1) is 0 Å². The van der Waals surface area contributed by atoms with Crippen LogP contribution in [0.15, 0.2) is 28.7 Å². The van der Waals surface area contributed by atoms with Gasteiger partial charge in [0.2, 0.25) is 0 Å². The van der Waals surface area contributed by atoms with E-state index in [0.29, 0.717) is 23.4 Å². The molecule has 3 heteroatoms. The second kappa shape index (κ2) is 5.06. The Bertz CT molecular complexity index is 609. The molecule has 124 valence electrons. The molecule has 1 spiro atoms. The zero-order chi connectivity index (χ0) is 15.7. The molecular weight excluding hydrogens is 350 g/mol. The molecule has 4 aliphatic rings. The van der Waals surface area contributed by atoms with E-state index in [0.717, 1.165) is 11.8 Å². The highest BCUT2D eigenvalue weighted by Gasteiger charge is 2.85. The van der Waals surface area contributed by atoms with Crippen LogP contribution in [0.1, 0.15) is 37.7 Å². The molecule has 1 heterocycles. The van der Waals surface area contributed by atoms with Gasteiger partial charge in [-0.25, -0.2) is 0 Å². The van der Waals surface area contributed by atoms with Crippen LogP contribution in [-0.4, -0.2) is 36.2 Å². The molecule has 1 aromatic carbocycles. The second-order valence-corrected chi connectivity index (χ2v) is 9.54. The van der Waals surface area contributed by atoms with E-state index in [-0.39, 0.29) is 0 Å². The summed E-state index contributed by atoms with van der Waals surface area (Å²) in [5.74, 6) is 2.48. The average molecular weight is 376 g/mol. The number of halogens is 1. The van der Waals surface area contributed by atoms with Crippen LogP contribution in [0.25, 0.3) is 0 Å². The predicted octanol–water partition coefficient (Wildman–Crippen LogP) is 3.82. The third kappa shape index (κ3) is 2.12. The molecule has 1 saturated heterocycles. The van der Waals surface area contributed by atoms with Gasteiger partial charge in [0.1, 0.15) is 0 Å². The van der Waals surface area contributed by atoms with Crippen molar-refractivity contribution in [3.8, 4) is 0 Å². The van der Waals surface area contributed by atoms with Crippen LogP contribution in [-0.2, 0) is 5.41 Å². The van der Waals surface area contributed by atoms with E-state index in [1.807, 2.05) is 0 Å². The average Bonchev–Trinajstić information content (AvgIpc) is 3.44. The van der Waals surface area contributed by atoms with Gasteiger partial charge in [-0.3, -0.25) is 0 Å². The number of rotatable bonds is 4. The SMILES string of the molecule is OCC1CCN(C[C@@H]2CC3(c4ccc(Br)cc4)CC34CC24)CC1. The molecule has 23 heavy (non-hydrogen) atoms. The third-order valence-corrected chi connectivity index (χ3v) is 8.14. The van der Waals surface area contributed by atoms with Gasteiger partial charge in [0, 0.05) is 23.0 Å². The molecule has 0 bridgehead atoms. The summed E-state index contributed by atoms with van der Waals surface area (Å²) in [4.78, 5) is 2.68. The Hall–Kier alpha value is -0.380. The Balaban J connectivity index is 1.27. The fourth-order valence-corrected chi connectivity index (χ4v) is 6.48. The highest BCUT2D eigenvalue weighted by atomic mass is 79.9. The van der Waals surface area contributed by atoms with Gasteiger partial charge in [-0.05, 0) is 86.1 Å². The number of likely N-dealkylation sites (tertiary alicyclic amines) is 1. The normalized spacial score (nSPS) is 42.3. The highest BCUT2D eigenvalue weighted by Crippen LogP contribution is 2.90. The summed E-state index contributed by atoms with van der Waals surface area (Å²) in [5.41, 5.74) is 2.84. The summed E-state index contributed by atoms with van der Waals surface area (Å²) in [6, 6.07) is 9.17. The quantitative estimate of drug-likeness (QED) is 0.864. The maximum Gasteiger partial charge on any atom is 0.0460 e. The summed E-state index contributed by atoms with van der Waals surface area (Å²) in [6.45, 7) is 4.10. The predicted molar refractivity (Wildman–Crippen MR) is 95.3 cm³/mol. The van der Waals surface area contributed by atoms with Crippen molar-refractivity contribution in [2.75, 3.05) is 26.2 Å². The van der Waals surface area contributed by atoms with Crippen molar-refractivity contribution >= 4 is 15.9 Å². The fourth-order valence-electron chi connectivity index (χ4n) is 6.22. The van der Waals surface area contributed by atoms with E-state index in [1.165, 1.54) is 56.2 Å². The maximum absolute atomic E-state index is 9.31. The number of nitrogens with zero attached hydrogens (tertiary/aromatic N) is 1. The van der Waals surface area contributed by atoms with Crippen molar-refractivity contribution in [2.24, 2.45) is 23.2 Å². The lowest BCUT2D eigenvalue weighted by Crippen LogP contribution is -2.38. The Morgan fingerprint density at radius 1 is 1.13 bits per heavy atom. The summed E-state index contributed by atoms with van der Waals surface area (Å²) in [7, 11) is 0. The van der Waals surface area contributed by atoms with E-state index in [4.69, 9.17) is 0 Å². The number of aliphatic hydroxyl groups is 1. The zero-order valence-electron chi connectivity index (χ0n) is 13.7. The largest absolute Gasteiger partial charge is 0.396 e. The lowest BCUT2D eigenvalue weighted by molar-refractivity contribution is 0.115. The van der Waals surface area contributed by atoms with Crippen LogP contribution < -0.4 is 0 Å². The van der Waals surface area contributed by atoms with Crippen molar-refractivity contribution in [3.63, 3.8) is 0 Å². The first kappa shape index (κ1) is 14.9. The molecule has 2 nitrogen and oxygen atoms in total. The summed E-state index contributed by atoms with van der Waals surface area (Å²) in [5, 5.41) is 9.31. The molecule has 1 N–H and O–H groups in total. The number of hydrogen-bond acceptors (Lipinski definition) is 2. The molecule has 3 unspecified atom stereocenters. The number of hydrogen-bond donors (Lipinski definition) is 1. The number of piperidine rings is 1. The molecule has 4 atom stereocenters. The Labute approximate surface area is 147 Å². The second-order valence-electron chi connectivity index (χ2n) is 8.62. The molecule has 0 radical (unpaired) electrons. The van der Waals surface area contributed by atoms with Gasteiger partial charge in [0.05, 0.1) is 0 Å². The molecule has 5 rings (SSSR count). The molecule has 1 aromatic rings. The van der Waals surface area contributed by atoms with Gasteiger partial charge in [0.25, 0.3) is 0 Å². The summed E-state index contributed by atoms with van der Waals surface area (Å²) < 4.78 is 1.20. The molecular formula is C20H26BrNO. The van der Waals surface area contributed by atoms with E-state index in [2.05, 4.69) is 45.1 Å². The monoisotopic (exact) mass is 375 g/mol. The van der Waals surface area contributed by atoms with E-state index in [1.54, 1.807) is 5.56 Å². The molecule has 3 saturated carbocycles. The fraction of sp³-hybridized carbons (Fsp3) is 0.700. The molecule has 0 amide bonds. The van der Waals surface area contributed by atoms with Crippen molar-refractivity contribution in [2.45, 2.75) is 37.5 Å². The van der Waals surface area contributed by atoms with Gasteiger partial charge < -0.3 is 10.0 Å². The van der Waals surface area contributed by atoms with Crippen molar-refractivity contribution in [1.82, 2.24) is 4.90 Å². The minimum absolute atomic E-state index is 0.385. The van der Waals surface area contributed by atoms with Gasteiger partial charge in [0.15, 0.2) is 0 Å². The van der Waals surface area contributed by atoms with Crippen LogP contribution in [0, 0.1) is 23.2 Å². The standard InChI is InChI=1S/C20H26BrNO/c21-17-3-1-16(2-4-17)19-9-15(18-10-20(18,19)13-19)11-22-7-5-14(12-23)6-8-22/h1-4,14-15,18,23H,5-13H2/t15-,18?,19?,20?/m0/s1. The highest BCUT2D eigenvalue weighted by molar-refractivity contribution is 9.10. The van der Waals surface area contributed by atoms with Gasteiger partial charge in [-0.2, -0.15) is 0 Å². The molecule has 4 fully saturated rings. The minimum atomic E-state index is 0.385. The van der Waals surface area contributed by atoms with Gasteiger partial charge >= 0.3 is 0 Å². The van der Waals surface area contributed by atoms with E-state index < -0.39 is 0 Å². The van der Waals surface area contributed by atoms with Crippen LogP contribution in [0.5, 0.6) is 0 Å². The van der Waals surface area contributed by atoms with E-state index in [9.17, 15) is 5.11 Å². The van der Waals surface area contributed by atoms with Crippen molar-refractivity contribution < 1.29 is 5.11 Å². The van der Waals surface area contributed by atoms with Crippen molar-refractivity contribution in [3.05, 3.63) is 34.3 Å². The van der Waals surface area contributed by atoms with Crippen molar-refractivity contribution in [1.29, 1.82) is 0 Å². The smallest absolute Gasteiger partial charge is 0.0460 e. The number of benzene rings is 1. The first-order chi connectivity index (χ1) is 11.2. The first-order valence-electron chi connectivity index (χ1n) is 9.26. The Kier molecular flexibility index (Phi) is 3.28. The van der Waals surface area contributed by atoms with Crippen LogP contribution >= 0.6 is 15.9 Å². The minimum Gasteiger partial charge on any atom is -0.396 e. The van der Waals surface area contributed by atoms with Crippen LogP contribution in [0.2, 0.25) is 0 Å². The Morgan fingerprint density at radius 3 is 2.57 bits per heavy atom. The molecule has 3 aliphatic carbocycles. The molecule has 1 aliphatic heterocycles. The lowest BCUT2D eigenvalue weighted by Gasteiger charge is -2.34. The van der Waals surface area contributed by atoms with Gasteiger partial charge in [-0.1, -0.05) is 28.1 Å². The maximum atomic E-state index is 9.31. The topological polar surface area (TPSA) is 23.5 Å². The zero-order valence-corrected chi connectivity index (χ0v) is 15.3. The Morgan fingerprint density at radius 2 is 1.87 bits per heavy atom. The lowest BCUT2D eigenvalue weighted by atomic mass is 9.86. The van der Waals surface area contributed by atoms with E-state index >= 15 is 0 Å².